The Balaban J connectivity index is 3.33. The van der Waals surface area contributed by atoms with Gasteiger partial charge in [-0.05, 0) is 37.5 Å². The molecule has 3 N–H and O–H groups in total. The van der Waals surface area contributed by atoms with Gasteiger partial charge in [-0.1, -0.05) is 66.4 Å². The fourth-order valence-electron chi connectivity index (χ4n) is 3.86. The smallest absolute Gasteiger partial charge is 0.480 e. The summed E-state index contributed by atoms with van der Waals surface area (Å²) in [5.41, 5.74) is 6.46. The first-order valence-electron chi connectivity index (χ1n) is 13.9. The van der Waals surface area contributed by atoms with Crippen LogP contribution in [0.3, 0.4) is 0 Å². The molecule has 40 heavy (non-hydrogen) atoms. The Bertz CT molecular complexity index is 964. The first kappa shape index (κ1) is 34.7. The predicted octanol–water partition coefficient (Wildman–Crippen LogP) is 5.82. The normalized spacial score (nSPS) is 14.0. The van der Waals surface area contributed by atoms with E-state index >= 15 is 0 Å². The molecule has 0 heterocycles. The average molecular weight is 568 g/mol. The van der Waals surface area contributed by atoms with Crippen LogP contribution in [0.25, 0.3) is 0 Å². The average Bonchev–Trinajstić information content (AvgIpc) is 2.90. The van der Waals surface area contributed by atoms with E-state index in [1.54, 1.807) is 27.7 Å². The fraction of sp³-hybridized carbons (Fsp3) is 0.655. The van der Waals surface area contributed by atoms with E-state index in [1.165, 1.54) is 18.2 Å². The number of rotatable bonds is 17. The van der Waals surface area contributed by atoms with Gasteiger partial charge in [0.2, 0.25) is 0 Å². The van der Waals surface area contributed by atoms with Gasteiger partial charge in [0, 0.05) is 11.8 Å². The quantitative estimate of drug-likeness (QED) is 0.101. The van der Waals surface area contributed by atoms with E-state index in [4.69, 9.17) is 29.4 Å². The summed E-state index contributed by atoms with van der Waals surface area (Å²) in [6.07, 6.45) is 2.28. The van der Waals surface area contributed by atoms with E-state index < -0.39 is 48.2 Å². The third-order valence-corrected chi connectivity index (χ3v) is 6.43. The van der Waals surface area contributed by atoms with Crippen LogP contribution >= 0.6 is 0 Å². The molecule has 0 spiro atoms. The molecule has 226 valence electrons. The number of carboxylic acids is 1. The molecule has 1 rings (SSSR count). The third-order valence-electron chi connectivity index (χ3n) is 6.43. The van der Waals surface area contributed by atoms with Crippen molar-refractivity contribution < 1.29 is 48.0 Å². The van der Waals surface area contributed by atoms with Crippen molar-refractivity contribution in [2.24, 2.45) is 17.6 Å². The van der Waals surface area contributed by atoms with Crippen molar-refractivity contribution in [1.29, 1.82) is 0 Å². The van der Waals surface area contributed by atoms with Crippen LogP contribution in [-0.4, -0.2) is 54.7 Å². The van der Waals surface area contributed by atoms with Gasteiger partial charge in [0.05, 0.1) is 19.1 Å². The lowest BCUT2D eigenvalue weighted by atomic mass is 9.79. The van der Waals surface area contributed by atoms with Crippen LogP contribution in [0.15, 0.2) is 18.2 Å². The highest BCUT2D eigenvalue weighted by atomic mass is 16.7. The number of carbonyl (C=O) groups is 4. The van der Waals surface area contributed by atoms with Crippen molar-refractivity contribution in [3.05, 3.63) is 23.8 Å². The molecule has 0 bridgehead atoms. The first-order chi connectivity index (χ1) is 18.9. The van der Waals surface area contributed by atoms with Crippen LogP contribution in [0.5, 0.6) is 11.5 Å². The highest BCUT2D eigenvalue weighted by Gasteiger charge is 2.36. The molecule has 0 saturated carbocycles. The number of aliphatic carboxylic acids is 1. The maximum absolute atomic E-state index is 12.4. The molecule has 0 aliphatic carbocycles. The minimum absolute atomic E-state index is 0.121. The van der Waals surface area contributed by atoms with Gasteiger partial charge in [-0.3, -0.25) is 9.59 Å². The molecule has 3 unspecified atom stereocenters. The summed E-state index contributed by atoms with van der Waals surface area (Å²) in [6.45, 7) is 11.1. The second kappa shape index (κ2) is 18.1. The van der Waals surface area contributed by atoms with Crippen molar-refractivity contribution >= 4 is 24.2 Å². The summed E-state index contributed by atoms with van der Waals surface area (Å²) in [5, 5.41) is 9.74. The summed E-state index contributed by atoms with van der Waals surface area (Å²) in [4.78, 5) is 48.8. The lowest BCUT2D eigenvalue weighted by Gasteiger charge is -2.32. The molecular formula is C29H45NO10. The summed E-state index contributed by atoms with van der Waals surface area (Å²) in [7, 11) is 0. The second-order valence-electron chi connectivity index (χ2n) is 10.1. The highest BCUT2D eigenvalue weighted by molar-refractivity contribution is 5.75. The van der Waals surface area contributed by atoms with E-state index in [0.717, 1.165) is 25.7 Å². The molecule has 0 radical (unpaired) electrons. The molecular weight excluding hydrogens is 522 g/mol. The maximum Gasteiger partial charge on any atom is 0.513 e. The van der Waals surface area contributed by atoms with Crippen LogP contribution in [0.1, 0.15) is 91.5 Å². The number of benzene rings is 1. The van der Waals surface area contributed by atoms with Gasteiger partial charge in [0.25, 0.3) is 0 Å². The lowest BCUT2D eigenvalue weighted by Crippen LogP contribution is -2.43. The van der Waals surface area contributed by atoms with E-state index in [0.29, 0.717) is 18.4 Å². The Kier molecular flexibility index (Phi) is 15.7. The van der Waals surface area contributed by atoms with Crippen LogP contribution < -0.4 is 15.2 Å². The SMILES string of the molecule is CCCCCOC(=O)Oc1ccc(C(C(C)C(C)OC(=O)C(C)C)[C@H](N)C(=O)O)cc1OC(=O)OCCCCC. The number of esters is 1. The van der Waals surface area contributed by atoms with Crippen molar-refractivity contribution in [2.75, 3.05) is 13.2 Å². The number of nitrogens with two attached hydrogens (primary N) is 1. The number of carboxylic acid groups (broad SMARTS) is 1. The zero-order chi connectivity index (χ0) is 30.2. The minimum Gasteiger partial charge on any atom is -0.480 e. The van der Waals surface area contributed by atoms with Gasteiger partial charge in [-0.15, -0.1) is 0 Å². The summed E-state index contributed by atoms with van der Waals surface area (Å²) in [5.74, 6) is -3.80. The molecule has 4 atom stereocenters. The van der Waals surface area contributed by atoms with Crippen molar-refractivity contribution in [3.8, 4) is 11.5 Å². The summed E-state index contributed by atoms with van der Waals surface area (Å²) in [6, 6.07) is 2.86. The predicted molar refractivity (Wildman–Crippen MR) is 147 cm³/mol. The second-order valence-corrected chi connectivity index (χ2v) is 10.1. The van der Waals surface area contributed by atoms with Crippen LogP contribution in [0.2, 0.25) is 0 Å². The molecule has 0 aromatic heterocycles. The van der Waals surface area contributed by atoms with Gasteiger partial charge in [0.15, 0.2) is 11.5 Å². The summed E-state index contributed by atoms with van der Waals surface area (Å²) < 4.78 is 26.4. The molecule has 0 aliphatic rings. The molecule has 0 saturated heterocycles. The number of carbonyl (C=O) groups excluding carboxylic acids is 3. The minimum atomic E-state index is -1.39. The number of hydrogen-bond donors (Lipinski definition) is 2. The van der Waals surface area contributed by atoms with E-state index in [-0.39, 0.29) is 30.6 Å². The standard InChI is InChI=1S/C29H45NO10/c1-7-9-11-15-36-28(34)39-22-14-13-21(17-23(22)40-29(35)37-16-12-10-8-2)24(25(30)26(31)32)19(5)20(6)38-27(33)18(3)4/h13-14,17-20,24-25H,7-12,15-16,30H2,1-6H3,(H,31,32)/t19?,20?,24?,25-/m0/s1. The molecule has 0 fully saturated rings. The fourth-order valence-corrected chi connectivity index (χ4v) is 3.86. The Morgan fingerprint density at radius 1 is 0.825 bits per heavy atom. The zero-order valence-corrected chi connectivity index (χ0v) is 24.5. The Labute approximate surface area is 236 Å². The zero-order valence-electron chi connectivity index (χ0n) is 24.5. The maximum atomic E-state index is 12.4. The molecule has 1 aromatic carbocycles. The highest BCUT2D eigenvalue weighted by Crippen LogP contribution is 2.37. The number of ether oxygens (including phenoxy) is 5. The Hall–Kier alpha value is -3.34. The number of unbranched alkanes of at least 4 members (excludes halogenated alkanes) is 4. The van der Waals surface area contributed by atoms with Gasteiger partial charge >= 0.3 is 24.2 Å². The Morgan fingerprint density at radius 2 is 1.35 bits per heavy atom. The van der Waals surface area contributed by atoms with Crippen molar-refractivity contribution in [3.63, 3.8) is 0 Å². The molecule has 11 heteroatoms. The monoisotopic (exact) mass is 567 g/mol. The lowest BCUT2D eigenvalue weighted by molar-refractivity contribution is -0.155. The van der Waals surface area contributed by atoms with Gasteiger partial charge < -0.3 is 34.5 Å². The van der Waals surface area contributed by atoms with E-state index in [9.17, 15) is 24.3 Å². The van der Waals surface area contributed by atoms with E-state index in [1.807, 2.05) is 13.8 Å². The van der Waals surface area contributed by atoms with Crippen LogP contribution in [0, 0.1) is 11.8 Å². The van der Waals surface area contributed by atoms with Crippen LogP contribution in [-0.2, 0) is 23.8 Å². The van der Waals surface area contributed by atoms with Gasteiger partial charge in [-0.2, -0.15) is 0 Å². The third kappa shape index (κ3) is 11.8. The van der Waals surface area contributed by atoms with Crippen molar-refractivity contribution in [1.82, 2.24) is 0 Å². The largest absolute Gasteiger partial charge is 0.513 e. The topological polar surface area (TPSA) is 161 Å². The van der Waals surface area contributed by atoms with Crippen LogP contribution in [0.4, 0.5) is 9.59 Å². The molecule has 11 nitrogen and oxygen atoms in total. The molecule has 1 aromatic rings. The summed E-state index contributed by atoms with van der Waals surface area (Å²) >= 11 is 0. The first-order valence-corrected chi connectivity index (χ1v) is 13.9. The van der Waals surface area contributed by atoms with Crippen molar-refractivity contribution in [2.45, 2.75) is 98.1 Å². The Morgan fingerprint density at radius 3 is 1.82 bits per heavy atom. The molecule has 0 amide bonds. The van der Waals surface area contributed by atoms with Gasteiger partial charge in [-0.25, -0.2) is 9.59 Å². The number of hydrogen-bond acceptors (Lipinski definition) is 10. The molecule has 0 aliphatic heterocycles. The van der Waals surface area contributed by atoms with Gasteiger partial charge in [0.1, 0.15) is 12.1 Å². The van der Waals surface area contributed by atoms with E-state index in [2.05, 4.69) is 0 Å².